The van der Waals surface area contributed by atoms with E-state index in [4.69, 9.17) is 4.74 Å². The van der Waals surface area contributed by atoms with Crippen molar-refractivity contribution in [2.24, 2.45) is 0 Å². The molecule has 0 N–H and O–H groups in total. The highest BCUT2D eigenvalue weighted by Gasteiger charge is 2.05. The highest BCUT2D eigenvalue weighted by molar-refractivity contribution is 5.88. The van der Waals surface area contributed by atoms with Gasteiger partial charge in [-0.05, 0) is 44.2 Å². The molecule has 0 aliphatic carbocycles. The molecule has 0 aliphatic rings. The third kappa shape index (κ3) is 15.9. The Kier molecular flexibility index (Phi) is 17.2. The average molecular weight is 402 g/mol. The molecule has 0 saturated heterocycles. The van der Waals surface area contributed by atoms with Crippen LogP contribution in [0.3, 0.4) is 0 Å². The molecule has 0 atom stereocenters. The first kappa shape index (κ1) is 25.4. The molecule has 1 rings (SSSR count). The summed E-state index contributed by atoms with van der Waals surface area (Å²) in [6.07, 6.45) is 28.8. The summed E-state index contributed by atoms with van der Waals surface area (Å²) in [5, 5.41) is 0. The van der Waals surface area contributed by atoms with Crippen molar-refractivity contribution in [2.45, 2.75) is 110 Å². The van der Waals surface area contributed by atoms with Gasteiger partial charge in [0.1, 0.15) is 0 Å². The van der Waals surface area contributed by atoms with Crippen LogP contribution in [0.25, 0.3) is 0 Å². The van der Waals surface area contributed by atoms with Crippen LogP contribution in [0.1, 0.15) is 120 Å². The van der Waals surface area contributed by atoms with Crippen LogP contribution in [0.5, 0.6) is 0 Å². The van der Waals surface area contributed by atoms with Crippen LogP contribution in [-0.2, 0) is 4.74 Å². The molecular weight excluding hydrogens is 358 g/mol. The first-order valence-electron chi connectivity index (χ1n) is 12.1. The van der Waals surface area contributed by atoms with Crippen molar-refractivity contribution in [1.29, 1.82) is 0 Å². The standard InChI is InChI=1S/C26H43NO2/c1-2-3-4-5-6-7-8-9-10-11-12-13-14-15-16-17-18-19-23-29-26(28)25-21-20-22-27-24-25/h7-8,20-22,24H,2-6,9-19,23H2,1H3/b8-7-. The maximum Gasteiger partial charge on any atom is 0.339 e. The molecule has 3 nitrogen and oxygen atoms in total. The van der Waals surface area contributed by atoms with Crippen LogP contribution in [0.2, 0.25) is 0 Å². The van der Waals surface area contributed by atoms with E-state index in [0.717, 1.165) is 12.8 Å². The molecule has 1 heterocycles. The van der Waals surface area contributed by atoms with E-state index in [9.17, 15) is 4.79 Å². The second kappa shape index (κ2) is 19.7. The normalized spacial score (nSPS) is 11.2. The van der Waals surface area contributed by atoms with Gasteiger partial charge < -0.3 is 4.74 Å². The van der Waals surface area contributed by atoms with Crippen LogP contribution in [0, 0.1) is 0 Å². The molecule has 0 aliphatic heterocycles. The Balaban J connectivity index is 1.76. The summed E-state index contributed by atoms with van der Waals surface area (Å²) >= 11 is 0. The number of hydrogen-bond acceptors (Lipinski definition) is 3. The number of hydrogen-bond donors (Lipinski definition) is 0. The second-order valence-corrected chi connectivity index (χ2v) is 8.02. The number of carbonyl (C=O) groups excluding carboxylic acids is 1. The zero-order valence-corrected chi connectivity index (χ0v) is 18.7. The highest BCUT2D eigenvalue weighted by Crippen LogP contribution is 2.12. The van der Waals surface area contributed by atoms with Crippen molar-refractivity contribution in [3.63, 3.8) is 0 Å². The van der Waals surface area contributed by atoms with Crippen molar-refractivity contribution >= 4 is 5.97 Å². The quantitative estimate of drug-likeness (QED) is 0.134. The summed E-state index contributed by atoms with van der Waals surface area (Å²) < 4.78 is 5.27. The van der Waals surface area contributed by atoms with Crippen molar-refractivity contribution in [2.75, 3.05) is 6.61 Å². The third-order valence-corrected chi connectivity index (χ3v) is 5.29. The van der Waals surface area contributed by atoms with E-state index >= 15 is 0 Å². The Hall–Kier alpha value is -1.64. The van der Waals surface area contributed by atoms with Crippen LogP contribution < -0.4 is 0 Å². The molecule has 0 spiro atoms. The first-order chi connectivity index (χ1) is 14.3. The van der Waals surface area contributed by atoms with E-state index in [1.54, 1.807) is 24.5 Å². The minimum atomic E-state index is -0.263. The number of ether oxygens (including phenoxy) is 1. The molecule has 29 heavy (non-hydrogen) atoms. The monoisotopic (exact) mass is 401 g/mol. The molecule has 0 radical (unpaired) electrons. The number of rotatable bonds is 19. The number of allylic oxidation sites excluding steroid dienone is 2. The predicted molar refractivity (Wildman–Crippen MR) is 123 cm³/mol. The lowest BCUT2D eigenvalue weighted by Gasteiger charge is -2.05. The van der Waals surface area contributed by atoms with Crippen molar-refractivity contribution < 1.29 is 9.53 Å². The fourth-order valence-electron chi connectivity index (χ4n) is 3.43. The van der Waals surface area contributed by atoms with E-state index in [1.807, 2.05) is 0 Å². The number of esters is 1. The SMILES string of the molecule is CCCCCC/C=C\CCCCCCCCCCCCOC(=O)c1cccnc1. The summed E-state index contributed by atoms with van der Waals surface area (Å²) in [4.78, 5) is 15.7. The van der Waals surface area contributed by atoms with Gasteiger partial charge in [0, 0.05) is 12.4 Å². The zero-order valence-electron chi connectivity index (χ0n) is 18.7. The molecule has 0 amide bonds. The zero-order chi connectivity index (χ0) is 20.8. The van der Waals surface area contributed by atoms with Gasteiger partial charge in [0.05, 0.1) is 12.2 Å². The highest BCUT2D eigenvalue weighted by atomic mass is 16.5. The van der Waals surface area contributed by atoms with E-state index in [-0.39, 0.29) is 5.97 Å². The first-order valence-corrected chi connectivity index (χ1v) is 12.1. The molecule has 164 valence electrons. The fourth-order valence-corrected chi connectivity index (χ4v) is 3.43. The number of pyridine rings is 1. The molecule has 1 aromatic rings. The maximum atomic E-state index is 11.8. The fraction of sp³-hybridized carbons (Fsp3) is 0.692. The van der Waals surface area contributed by atoms with Crippen molar-refractivity contribution in [3.05, 3.63) is 42.2 Å². The van der Waals surface area contributed by atoms with Crippen LogP contribution in [0.15, 0.2) is 36.7 Å². The lowest BCUT2D eigenvalue weighted by Crippen LogP contribution is -2.06. The molecule has 3 heteroatoms. The molecular formula is C26H43NO2. The second-order valence-electron chi connectivity index (χ2n) is 8.02. The Morgan fingerprint density at radius 3 is 1.93 bits per heavy atom. The molecule has 0 aromatic carbocycles. The number of aromatic nitrogens is 1. The van der Waals surface area contributed by atoms with Crippen molar-refractivity contribution in [3.8, 4) is 0 Å². The third-order valence-electron chi connectivity index (χ3n) is 5.29. The summed E-state index contributed by atoms with van der Waals surface area (Å²) in [7, 11) is 0. The van der Waals surface area contributed by atoms with Gasteiger partial charge in [-0.2, -0.15) is 0 Å². The van der Waals surface area contributed by atoms with Crippen LogP contribution in [0.4, 0.5) is 0 Å². The van der Waals surface area contributed by atoms with Gasteiger partial charge in [-0.3, -0.25) is 4.98 Å². The molecule has 0 unspecified atom stereocenters. The molecule has 0 saturated carbocycles. The summed E-state index contributed by atoms with van der Waals surface area (Å²) in [5.74, 6) is -0.263. The van der Waals surface area contributed by atoms with Gasteiger partial charge >= 0.3 is 5.97 Å². The topological polar surface area (TPSA) is 39.2 Å². The Morgan fingerprint density at radius 2 is 1.38 bits per heavy atom. The van der Waals surface area contributed by atoms with Crippen LogP contribution >= 0.6 is 0 Å². The Morgan fingerprint density at radius 1 is 0.828 bits per heavy atom. The largest absolute Gasteiger partial charge is 0.462 e. The minimum absolute atomic E-state index is 0.263. The lowest BCUT2D eigenvalue weighted by molar-refractivity contribution is 0.0497. The van der Waals surface area contributed by atoms with Crippen molar-refractivity contribution in [1.82, 2.24) is 4.98 Å². The molecule has 0 fully saturated rings. The number of nitrogens with zero attached hydrogens (tertiary/aromatic N) is 1. The lowest BCUT2D eigenvalue weighted by atomic mass is 10.1. The van der Waals surface area contributed by atoms with Gasteiger partial charge in [0.2, 0.25) is 0 Å². The predicted octanol–water partition coefficient (Wildman–Crippen LogP) is 8.06. The summed E-state index contributed by atoms with van der Waals surface area (Å²) in [6.45, 7) is 2.78. The Labute approximate surface area is 179 Å². The number of carbonyl (C=O) groups is 1. The average Bonchev–Trinajstić information content (AvgIpc) is 2.75. The van der Waals surface area contributed by atoms with Gasteiger partial charge in [-0.15, -0.1) is 0 Å². The van der Waals surface area contributed by atoms with Gasteiger partial charge in [-0.1, -0.05) is 89.7 Å². The van der Waals surface area contributed by atoms with Crippen LogP contribution in [-0.4, -0.2) is 17.6 Å². The van der Waals surface area contributed by atoms with E-state index < -0.39 is 0 Å². The maximum absolute atomic E-state index is 11.8. The minimum Gasteiger partial charge on any atom is -0.462 e. The smallest absolute Gasteiger partial charge is 0.339 e. The van der Waals surface area contributed by atoms with E-state index in [1.165, 1.54) is 89.9 Å². The Bertz CT molecular complexity index is 513. The van der Waals surface area contributed by atoms with Gasteiger partial charge in [-0.25, -0.2) is 4.79 Å². The van der Waals surface area contributed by atoms with E-state index in [2.05, 4.69) is 24.1 Å². The molecule has 1 aromatic heterocycles. The molecule has 0 bridgehead atoms. The van der Waals surface area contributed by atoms with E-state index in [0.29, 0.717) is 12.2 Å². The summed E-state index contributed by atoms with van der Waals surface area (Å²) in [6, 6.07) is 3.49. The number of unbranched alkanes of at least 4 members (excludes halogenated alkanes) is 14. The van der Waals surface area contributed by atoms with Gasteiger partial charge in [0.15, 0.2) is 0 Å². The summed E-state index contributed by atoms with van der Waals surface area (Å²) in [5.41, 5.74) is 0.533. The van der Waals surface area contributed by atoms with Gasteiger partial charge in [0.25, 0.3) is 0 Å².